The highest BCUT2D eigenvalue weighted by atomic mass is 14.9. The van der Waals surface area contributed by atoms with Crippen LogP contribution < -0.4 is 4.57 Å². The maximum atomic E-state index is 2.34. The Labute approximate surface area is 142 Å². The second-order valence-electron chi connectivity index (χ2n) is 6.77. The number of hydrogen-bond acceptors (Lipinski definition) is 0. The smallest absolute Gasteiger partial charge is 0.173 e. The van der Waals surface area contributed by atoms with Gasteiger partial charge in [-0.2, -0.15) is 0 Å². The molecule has 0 bridgehead atoms. The lowest BCUT2D eigenvalue weighted by atomic mass is 9.89. The molecule has 0 spiro atoms. The van der Waals surface area contributed by atoms with Crippen molar-refractivity contribution in [3.8, 4) is 0 Å². The van der Waals surface area contributed by atoms with Gasteiger partial charge >= 0.3 is 0 Å². The maximum Gasteiger partial charge on any atom is 0.173 e. The van der Waals surface area contributed by atoms with Crippen LogP contribution >= 0.6 is 0 Å². The van der Waals surface area contributed by atoms with Crippen molar-refractivity contribution in [3.05, 3.63) is 65.5 Å². The minimum atomic E-state index is 0.740. The highest BCUT2D eigenvalue weighted by Crippen LogP contribution is 2.26. The number of unbranched alkanes of at least 4 members (excludes halogenated alkanes) is 2. The number of pyridine rings is 1. The average Bonchev–Trinajstić information content (AvgIpc) is 2.58. The molecule has 0 atom stereocenters. The first kappa shape index (κ1) is 17.7. The Balaban J connectivity index is 2.02. The summed E-state index contributed by atoms with van der Waals surface area (Å²) in [5.74, 6) is 0.740. The Kier molecular flexibility index (Phi) is 7.32. The van der Waals surface area contributed by atoms with Gasteiger partial charge in [0.25, 0.3) is 0 Å². The van der Waals surface area contributed by atoms with Crippen LogP contribution in [0.3, 0.4) is 0 Å². The summed E-state index contributed by atoms with van der Waals surface area (Å²) in [4.78, 5) is 0. The zero-order valence-electron chi connectivity index (χ0n) is 15.1. The van der Waals surface area contributed by atoms with Crippen molar-refractivity contribution in [3.63, 3.8) is 0 Å². The number of aromatic nitrogens is 1. The summed E-state index contributed by atoms with van der Waals surface area (Å²) in [6.07, 6.45) is 12.4. The number of aryl methyl sites for hydroxylation is 1. The van der Waals surface area contributed by atoms with Crippen LogP contribution in [0.25, 0.3) is 0 Å². The first-order chi connectivity index (χ1) is 11.2. The van der Waals surface area contributed by atoms with Crippen LogP contribution in [0.1, 0.15) is 75.0 Å². The molecule has 23 heavy (non-hydrogen) atoms. The minimum Gasteiger partial charge on any atom is -0.201 e. The van der Waals surface area contributed by atoms with E-state index in [4.69, 9.17) is 0 Å². The molecule has 0 amide bonds. The molecule has 0 saturated carbocycles. The average molecular weight is 311 g/mol. The van der Waals surface area contributed by atoms with Gasteiger partial charge in [-0.3, -0.25) is 0 Å². The quantitative estimate of drug-likeness (QED) is 0.516. The van der Waals surface area contributed by atoms with Crippen LogP contribution in [-0.2, 0) is 6.54 Å². The molecule has 1 heterocycles. The summed E-state index contributed by atoms with van der Waals surface area (Å²) < 4.78 is 2.28. The molecule has 1 heteroatoms. The van der Waals surface area contributed by atoms with Crippen LogP contribution in [0.4, 0.5) is 0 Å². The molecule has 2 aromatic rings. The number of rotatable bonds is 9. The molecule has 0 aliphatic carbocycles. The Morgan fingerprint density at radius 2 is 1.39 bits per heavy atom. The Bertz CT molecular complexity index is 546. The predicted octanol–water partition coefficient (Wildman–Crippen LogP) is 5.79. The third-order valence-corrected chi connectivity index (χ3v) is 4.69. The standard InChI is InChI=1S/C22H32N/c1-4-6-8-21(9-7-5-2)22-14-16-23(17-15-22)18-20-12-10-19(3)11-13-20/h10-17,21H,4-9,18H2,1-3H3/q+1. The number of benzene rings is 1. The zero-order chi connectivity index (χ0) is 16.5. The van der Waals surface area contributed by atoms with Gasteiger partial charge in [0.2, 0.25) is 0 Å². The van der Waals surface area contributed by atoms with E-state index in [0.29, 0.717) is 0 Å². The summed E-state index contributed by atoms with van der Waals surface area (Å²) >= 11 is 0. The fraction of sp³-hybridized carbons (Fsp3) is 0.500. The van der Waals surface area contributed by atoms with E-state index < -0.39 is 0 Å². The lowest BCUT2D eigenvalue weighted by molar-refractivity contribution is -0.688. The topological polar surface area (TPSA) is 3.88 Å². The summed E-state index contributed by atoms with van der Waals surface area (Å²) in [6, 6.07) is 13.5. The Morgan fingerprint density at radius 3 is 1.91 bits per heavy atom. The highest BCUT2D eigenvalue weighted by Gasteiger charge is 2.12. The van der Waals surface area contributed by atoms with Crippen LogP contribution in [0.2, 0.25) is 0 Å². The number of nitrogens with zero attached hydrogens (tertiary/aromatic N) is 1. The van der Waals surface area contributed by atoms with E-state index in [1.807, 2.05) is 0 Å². The Morgan fingerprint density at radius 1 is 0.826 bits per heavy atom. The van der Waals surface area contributed by atoms with Crippen molar-refractivity contribution >= 4 is 0 Å². The minimum absolute atomic E-state index is 0.740. The molecule has 1 aromatic heterocycles. The fourth-order valence-corrected chi connectivity index (χ4v) is 3.13. The van der Waals surface area contributed by atoms with Gasteiger partial charge in [0.05, 0.1) is 0 Å². The molecule has 124 valence electrons. The summed E-state index contributed by atoms with van der Waals surface area (Å²) in [5, 5.41) is 0. The first-order valence-electron chi connectivity index (χ1n) is 9.27. The normalized spacial score (nSPS) is 11.1. The molecule has 0 unspecified atom stereocenters. The van der Waals surface area contributed by atoms with Crippen molar-refractivity contribution in [2.45, 2.75) is 71.8 Å². The van der Waals surface area contributed by atoms with Crippen molar-refractivity contribution < 1.29 is 4.57 Å². The summed E-state index contributed by atoms with van der Waals surface area (Å²) in [5.41, 5.74) is 4.21. The van der Waals surface area contributed by atoms with Gasteiger partial charge in [-0.1, -0.05) is 69.4 Å². The van der Waals surface area contributed by atoms with E-state index in [-0.39, 0.29) is 0 Å². The van der Waals surface area contributed by atoms with Gasteiger partial charge in [0.15, 0.2) is 18.9 Å². The largest absolute Gasteiger partial charge is 0.201 e. The van der Waals surface area contributed by atoms with Crippen LogP contribution in [0.5, 0.6) is 0 Å². The first-order valence-corrected chi connectivity index (χ1v) is 9.27. The summed E-state index contributed by atoms with van der Waals surface area (Å²) in [6.45, 7) is 7.67. The molecule has 0 radical (unpaired) electrons. The third-order valence-electron chi connectivity index (χ3n) is 4.69. The molecule has 2 rings (SSSR count). The SMILES string of the molecule is CCCCC(CCCC)c1cc[n+](Cc2ccc(C)cc2)cc1. The van der Waals surface area contributed by atoms with Gasteiger partial charge in [-0.25, -0.2) is 4.57 Å². The van der Waals surface area contributed by atoms with E-state index in [1.54, 1.807) is 0 Å². The van der Waals surface area contributed by atoms with Gasteiger partial charge in [-0.05, 0) is 31.2 Å². The highest BCUT2D eigenvalue weighted by molar-refractivity contribution is 5.20. The van der Waals surface area contributed by atoms with Crippen LogP contribution in [0, 0.1) is 6.92 Å². The summed E-state index contributed by atoms with van der Waals surface area (Å²) in [7, 11) is 0. The maximum absolute atomic E-state index is 2.34. The molecule has 1 nitrogen and oxygen atoms in total. The molecule has 0 aliphatic rings. The van der Waals surface area contributed by atoms with Gasteiger partial charge in [-0.15, -0.1) is 0 Å². The lowest BCUT2D eigenvalue weighted by Crippen LogP contribution is -2.33. The third kappa shape index (κ3) is 5.82. The van der Waals surface area contributed by atoms with Crippen molar-refractivity contribution in [2.75, 3.05) is 0 Å². The number of hydrogen-bond donors (Lipinski definition) is 0. The molecule has 0 aliphatic heterocycles. The van der Waals surface area contributed by atoms with Crippen molar-refractivity contribution in [2.24, 2.45) is 0 Å². The van der Waals surface area contributed by atoms with Gasteiger partial charge in [0.1, 0.15) is 0 Å². The van der Waals surface area contributed by atoms with Gasteiger partial charge < -0.3 is 0 Å². The zero-order valence-corrected chi connectivity index (χ0v) is 15.1. The molecule has 0 N–H and O–H groups in total. The fourth-order valence-electron chi connectivity index (χ4n) is 3.13. The second-order valence-corrected chi connectivity index (χ2v) is 6.77. The monoisotopic (exact) mass is 310 g/mol. The second kappa shape index (κ2) is 9.50. The van der Waals surface area contributed by atoms with Crippen LogP contribution in [-0.4, -0.2) is 0 Å². The Hall–Kier alpha value is -1.63. The van der Waals surface area contributed by atoms with Gasteiger partial charge in [0, 0.05) is 17.7 Å². The van der Waals surface area contributed by atoms with E-state index in [2.05, 4.69) is 74.1 Å². The van der Waals surface area contributed by atoms with E-state index in [1.165, 1.54) is 55.2 Å². The van der Waals surface area contributed by atoms with E-state index >= 15 is 0 Å². The molecular formula is C22H32N+. The molecular weight excluding hydrogens is 278 g/mol. The van der Waals surface area contributed by atoms with Crippen molar-refractivity contribution in [1.82, 2.24) is 0 Å². The molecule has 0 saturated heterocycles. The van der Waals surface area contributed by atoms with E-state index in [9.17, 15) is 0 Å². The lowest BCUT2D eigenvalue weighted by Gasteiger charge is -2.16. The molecule has 1 aromatic carbocycles. The van der Waals surface area contributed by atoms with E-state index in [0.717, 1.165) is 12.5 Å². The molecule has 0 fully saturated rings. The predicted molar refractivity (Wildman–Crippen MR) is 98.7 cm³/mol. The van der Waals surface area contributed by atoms with Crippen molar-refractivity contribution in [1.29, 1.82) is 0 Å². The van der Waals surface area contributed by atoms with Crippen LogP contribution in [0.15, 0.2) is 48.8 Å².